The maximum Gasteiger partial charge on any atom is 0.230 e. The van der Waals surface area contributed by atoms with Crippen molar-refractivity contribution in [1.29, 1.82) is 0 Å². The lowest BCUT2D eigenvalue weighted by molar-refractivity contribution is -0.134. The fourth-order valence-electron chi connectivity index (χ4n) is 4.00. The second-order valence-corrected chi connectivity index (χ2v) is 6.81. The Hall–Kier alpha value is -2.17. The van der Waals surface area contributed by atoms with E-state index in [-0.39, 0.29) is 17.7 Å². The zero-order chi connectivity index (χ0) is 16.5. The zero-order valence-electron chi connectivity index (χ0n) is 14.1. The molecule has 1 aliphatic carbocycles. The summed E-state index contributed by atoms with van der Waals surface area (Å²) in [6.07, 6.45) is 4.71. The van der Waals surface area contributed by atoms with Crippen molar-refractivity contribution in [2.45, 2.75) is 50.9 Å². The summed E-state index contributed by atoms with van der Waals surface area (Å²) in [5, 5.41) is 4.11. The average molecular weight is 325 g/mol. The number of fused-ring (bicyclic) bond motifs is 1. The van der Waals surface area contributed by atoms with Crippen LogP contribution < -0.4 is 0 Å². The smallest absolute Gasteiger partial charge is 0.230 e. The Morgan fingerprint density at radius 3 is 3.04 bits per heavy atom. The van der Waals surface area contributed by atoms with E-state index < -0.39 is 0 Å². The van der Waals surface area contributed by atoms with Gasteiger partial charge in [0.15, 0.2) is 5.82 Å². The van der Waals surface area contributed by atoms with Crippen LogP contribution in [-0.2, 0) is 17.6 Å². The predicted octanol–water partition coefficient (Wildman–Crippen LogP) is 3.07. The third-order valence-corrected chi connectivity index (χ3v) is 5.32. The molecule has 1 saturated heterocycles. The number of amides is 1. The Labute approximate surface area is 142 Å². The molecule has 2 aromatic rings. The number of likely N-dealkylation sites (tertiary alicyclic amines) is 1. The molecular weight excluding hydrogens is 302 g/mol. The molecule has 1 fully saturated rings. The molecule has 0 N–H and O–H groups in total. The molecule has 2 atom stereocenters. The molecule has 4 rings (SSSR count). The molecule has 2 aliphatic rings. The molecule has 5 nitrogen and oxygen atoms in total. The van der Waals surface area contributed by atoms with Gasteiger partial charge in [-0.15, -0.1) is 0 Å². The highest BCUT2D eigenvalue weighted by Gasteiger charge is 2.35. The zero-order valence-corrected chi connectivity index (χ0v) is 14.1. The first-order valence-corrected chi connectivity index (χ1v) is 8.95. The standard InChI is InChI=1S/C19H23N3O2/c1-2-17-20-18(21-24-17)14-7-5-11-22(12-14)19(23)16-10-9-13-6-3-4-8-15(13)16/h3-4,6,8,14,16H,2,5,7,9-12H2,1H3/t14-,16+/m1/s1. The number of benzene rings is 1. The Bertz CT molecular complexity index is 740. The van der Waals surface area contributed by atoms with E-state index in [1.807, 2.05) is 17.9 Å². The summed E-state index contributed by atoms with van der Waals surface area (Å²) in [7, 11) is 0. The Balaban J connectivity index is 1.49. The molecule has 1 amide bonds. The predicted molar refractivity (Wildman–Crippen MR) is 89.7 cm³/mol. The first kappa shape index (κ1) is 15.4. The van der Waals surface area contributed by atoms with Crippen LogP contribution in [0.4, 0.5) is 0 Å². The molecule has 1 aliphatic heterocycles. The van der Waals surface area contributed by atoms with Gasteiger partial charge in [0.05, 0.1) is 5.92 Å². The lowest BCUT2D eigenvalue weighted by Gasteiger charge is -2.33. The second-order valence-electron chi connectivity index (χ2n) is 6.81. The van der Waals surface area contributed by atoms with E-state index in [1.165, 1.54) is 11.1 Å². The molecule has 126 valence electrons. The Kier molecular flexibility index (Phi) is 4.08. The fourth-order valence-corrected chi connectivity index (χ4v) is 4.00. The molecular formula is C19H23N3O2. The molecule has 1 aromatic carbocycles. The highest BCUT2D eigenvalue weighted by Crippen LogP contribution is 2.36. The first-order chi connectivity index (χ1) is 11.8. The van der Waals surface area contributed by atoms with Crippen molar-refractivity contribution in [3.8, 4) is 0 Å². The van der Waals surface area contributed by atoms with Gasteiger partial charge in [-0.25, -0.2) is 0 Å². The van der Waals surface area contributed by atoms with E-state index in [9.17, 15) is 4.79 Å². The number of piperidine rings is 1. The van der Waals surface area contributed by atoms with Crippen molar-refractivity contribution in [2.24, 2.45) is 0 Å². The van der Waals surface area contributed by atoms with Crippen LogP contribution in [0.15, 0.2) is 28.8 Å². The highest BCUT2D eigenvalue weighted by molar-refractivity contribution is 5.85. The third-order valence-electron chi connectivity index (χ3n) is 5.32. The number of rotatable bonds is 3. The summed E-state index contributed by atoms with van der Waals surface area (Å²) in [5.74, 6) is 1.93. The minimum absolute atomic E-state index is 0.0245. The van der Waals surface area contributed by atoms with Crippen LogP contribution >= 0.6 is 0 Å². The van der Waals surface area contributed by atoms with Crippen molar-refractivity contribution < 1.29 is 9.32 Å². The summed E-state index contributed by atoms with van der Waals surface area (Å²) in [5.41, 5.74) is 2.55. The van der Waals surface area contributed by atoms with Gasteiger partial charge in [0, 0.05) is 25.4 Å². The molecule has 0 bridgehead atoms. The van der Waals surface area contributed by atoms with Gasteiger partial charge in [0.2, 0.25) is 11.8 Å². The summed E-state index contributed by atoms with van der Waals surface area (Å²) in [4.78, 5) is 19.5. The van der Waals surface area contributed by atoms with Gasteiger partial charge < -0.3 is 9.42 Å². The van der Waals surface area contributed by atoms with Crippen molar-refractivity contribution in [3.05, 3.63) is 47.1 Å². The van der Waals surface area contributed by atoms with Crippen molar-refractivity contribution in [2.75, 3.05) is 13.1 Å². The van der Waals surface area contributed by atoms with Gasteiger partial charge in [-0.1, -0.05) is 36.3 Å². The third kappa shape index (κ3) is 2.72. The van der Waals surface area contributed by atoms with Crippen molar-refractivity contribution >= 4 is 5.91 Å². The Morgan fingerprint density at radius 2 is 2.21 bits per heavy atom. The van der Waals surface area contributed by atoms with Gasteiger partial charge in [-0.2, -0.15) is 4.98 Å². The molecule has 1 aromatic heterocycles. The number of hydrogen-bond donors (Lipinski definition) is 0. The van der Waals surface area contributed by atoms with E-state index in [0.29, 0.717) is 12.4 Å². The molecule has 2 heterocycles. The highest BCUT2D eigenvalue weighted by atomic mass is 16.5. The van der Waals surface area contributed by atoms with E-state index in [4.69, 9.17) is 4.52 Å². The molecule has 0 spiro atoms. The largest absolute Gasteiger partial charge is 0.341 e. The van der Waals surface area contributed by atoms with Crippen molar-refractivity contribution in [1.82, 2.24) is 15.0 Å². The summed E-state index contributed by atoms with van der Waals surface area (Å²) in [6.45, 7) is 3.55. The van der Waals surface area contributed by atoms with Crippen LogP contribution in [0.25, 0.3) is 0 Å². The molecule has 0 unspecified atom stereocenters. The topological polar surface area (TPSA) is 59.2 Å². The van der Waals surface area contributed by atoms with Crippen LogP contribution in [0.5, 0.6) is 0 Å². The van der Waals surface area contributed by atoms with Crippen LogP contribution in [-0.4, -0.2) is 34.0 Å². The summed E-state index contributed by atoms with van der Waals surface area (Å²) < 4.78 is 5.24. The van der Waals surface area contributed by atoms with Crippen molar-refractivity contribution in [3.63, 3.8) is 0 Å². The average Bonchev–Trinajstić information content (AvgIpc) is 3.28. The number of carbonyl (C=O) groups excluding carboxylic acids is 1. The quantitative estimate of drug-likeness (QED) is 0.870. The SMILES string of the molecule is CCc1nc([C@@H]2CCCN(C(=O)[C@H]3CCc4ccccc43)C2)no1. The van der Waals surface area contributed by atoms with Gasteiger partial charge in [0.25, 0.3) is 0 Å². The number of carbonyl (C=O) groups is 1. The lowest BCUT2D eigenvalue weighted by atomic mass is 9.94. The van der Waals surface area contributed by atoms with Gasteiger partial charge in [-0.3, -0.25) is 4.79 Å². The minimum atomic E-state index is 0.0245. The van der Waals surface area contributed by atoms with E-state index >= 15 is 0 Å². The molecule has 5 heteroatoms. The normalized spacial score (nSPS) is 23.3. The lowest BCUT2D eigenvalue weighted by Crippen LogP contribution is -2.41. The van der Waals surface area contributed by atoms with Gasteiger partial charge in [0.1, 0.15) is 0 Å². The molecule has 0 saturated carbocycles. The van der Waals surface area contributed by atoms with E-state index in [0.717, 1.165) is 44.5 Å². The van der Waals surface area contributed by atoms with Crippen LogP contribution in [0, 0.1) is 0 Å². The molecule has 0 radical (unpaired) electrons. The minimum Gasteiger partial charge on any atom is -0.341 e. The number of aryl methyl sites for hydroxylation is 2. The second kappa shape index (κ2) is 6.38. The van der Waals surface area contributed by atoms with Gasteiger partial charge >= 0.3 is 0 Å². The fraction of sp³-hybridized carbons (Fsp3) is 0.526. The van der Waals surface area contributed by atoms with Crippen LogP contribution in [0.2, 0.25) is 0 Å². The monoisotopic (exact) mass is 325 g/mol. The van der Waals surface area contributed by atoms with E-state index in [1.54, 1.807) is 0 Å². The Morgan fingerprint density at radius 1 is 1.33 bits per heavy atom. The molecule has 24 heavy (non-hydrogen) atoms. The summed E-state index contributed by atoms with van der Waals surface area (Å²) >= 11 is 0. The van der Waals surface area contributed by atoms with Crippen LogP contribution in [0.1, 0.15) is 60.9 Å². The number of hydrogen-bond acceptors (Lipinski definition) is 4. The summed E-state index contributed by atoms with van der Waals surface area (Å²) in [6, 6.07) is 8.35. The number of aromatic nitrogens is 2. The first-order valence-electron chi connectivity index (χ1n) is 8.95. The van der Waals surface area contributed by atoms with Gasteiger partial charge in [-0.05, 0) is 36.8 Å². The number of nitrogens with zero attached hydrogens (tertiary/aromatic N) is 3. The maximum absolute atomic E-state index is 13.1. The maximum atomic E-state index is 13.1. The van der Waals surface area contributed by atoms with Crippen LogP contribution in [0.3, 0.4) is 0 Å². The van der Waals surface area contributed by atoms with E-state index in [2.05, 4.69) is 28.3 Å².